The molecule has 3 heterocycles. The van der Waals surface area contributed by atoms with Crippen LogP contribution in [0.2, 0.25) is 0 Å². The number of rotatable bonds is 5. The number of aryl methyl sites for hydroxylation is 1. The highest BCUT2D eigenvalue weighted by Crippen LogP contribution is 2.18. The van der Waals surface area contributed by atoms with Gasteiger partial charge in [0.2, 0.25) is 15.9 Å². The van der Waals surface area contributed by atoms with Crippen molar-refractivity contribution in [3.63, 3.8) is 0 Å². The minimum atomic E-state index is -3.25. The Morgan fingerprint density at radius 2 is 2.08 bits per heavy atom. The summed E-state index contributed by atoms with van der Waals surface area (Å²) < 4.78 is 27.4. The number of nitrogens with one attached hydrogen (secondary N) is 1. The SMILES string of the molecule is CS(=O)(=O)NC[C@H]1CCn2nccc2CN1CC(=O)N1CCCC1. The van der Waals surface area contributed by atoms with Gasteiger partial charge in [-0.2, -0.15) is 5.10 Å². The number of fused-ring (bicyclic) bond motifs is 1. The number of hydrogen-bond donors (Lipinski definition) is 1. The van der Waals surface area contributed by atoms with Gasteiger partial charge in [0.25, 0.3) is 0 Å². The fourth-order valence-corrected chi connectivity index (χ4v) is 3.89. The van der Waals surface area contributed by atoms with Gasteiger partial charge in [-0.1, -0.05) is 0 Å². The van der Waals surface area contributed by atoms with E-state index in [0.29, 0.717) is 19.6 Å². The molecule has 1 aromatic rings. The highest BCUT2D eigenvalue weighted by Gasteiger charge is 2.28. The number of carbonyl (C=O) groups is 1. The smallest absolute Gasteiger partial charge is 0.236 e. The van der Waals surface area contributed by atoms with Crippen LogP contribution in [0.4, 0.5) is 0 Å². The van der Waals surface area contributed by atoms with E-state index < -0.39 is 10.0 Å². The molecule has 0 bridgehead atoms. The Bertz CT molecular complexity index is 681. The molecule has 1 N–H and O–H groups in total. The first-order valence-electron chi connectivity index (χ1n) is 8.39. The maximum atomic E-state index is 12.5. The second-order valence-corrected chi connectivity index (χ2v) is 8.43. The monoisotopic (exact) mass is 355 g/mol. The van der Waals surface area contributed by atoms with E-state index in [1.807, 2.05) is 15.6 Å². The van der Waals surface area contributed by atoms with E-state index in [-0.39, 0.29) is 11.9 Å². The number of amides is 1. The zero-order valence-corrected chi connectivity index (χ0v) is 14.8. The van der Waals surface area contributed by atoms with Crippen LogP contribution >= 0.6 is 0 Å². The molecule has 2 aliphatic heterocycles. The fourth-order valence-electron chi connectivity index (χ4n) is 3.39. The Morgan fingerprint density at radius 1 is 1.33 bits per heavy atom. The summed E-state index contributed by atoms with van der Waals surface area (Å²) in [6.45, 7) is 3.63. The Hall–Kier alpha value is -1.45. The molecule has 1 aromatic heterocycles. The average molecular weight is 355 g/mol. The summed E-state index contributed by atoms with van der Waals surface area (Å²) in [6, 6.07) is 1.94. The summed E-state index contributed by atoms with van der Waals surface area (Å²) in [5.41, 5.74) is 1.06. The first-order chi connectivity index (χ1) is 11.4. The fraction of sp³-hybridized carbons (Fsp3) is 0.733. The predicted molar refractivity (Wildman–Crippen MR) is 89.7 cm³/mol. The molecule has 0 unspecified atom stereocenters. The van der Waals surface area contributed by atoms with Gasteiger partial charge in [-0.15, -0.1) is 0 Å². The van der Waals surface area contributed by atoms with Gasteiger partial charge in [0.1, 0.15) is 0 Å². The Balaban J connectivity index is 1.72. The minimum absolute atomic E-state index is 0.0204. The molecule has 24 heavy (non-hydrogen) atoms. The van der Waals surface area contributed by atoms with Crippen LogP contribution in [0.5, 0.6) is 0 Å². The quantitative estimate of drug-likeness (QED) is 0.779. The summed E-state index contributed by atoms with van der Waals surface area (Å²) in [7, 11) is -3.25. The van der Waals surface area contributed by atoms with E-state index in [0.717, 1.165) is 50.8 Å². The number of sulfonamides is 1. The highest BCUT2D eigenvalue weighted by atomic mass is 32.2. The van der Waals surface area contributed by atoms with Crippen molar-refractivity contribution < 1.29 is 13.2 Å². The van der Waals surface area contributed by atoms with Crippen LogP contribution in [0.25, 0.3) is 0 Å². The number of nitrogens with zero attached hydrogens (tertiary/aromatic N) is 4. The summed E-state index contributed by atoms with van der Waals surface area (Å²) in [6.07, 6.45) is 5.82. The molecule has 8 nitrogen and oxygen atoms in total. The van der Waals surface area contributed by atoms with Crippen molar-refractivity contribution in [3.05, 3.63) is 18.0 Å². The molecule has 1 amide bonds. The van der Waals surface area contributed by atoms with Gasteiger partial charge in [0.05, 0.1) is 18.5 Å². The molecule has 0 aliphatic carbocycles. The van der Waals surface area contributed by atoms with Crippen molar-refractivity contribution in [3.8, 4) is 0 Å². The lowest BCUT2D eigenvalue weighted by molar-refractivity contribution is -0.132. The number of likely N-dealkylation sites (tertiary alicyclic amines) is 1. The number of carbonyl (C=O) groups excluding carboxylic acids is 1. The molecule has 0 radical (unpaired) electrons. The van der Waals surface area contributed by atoms with Crippen LogP contribution in [0, 0.1) is 0 Å². The van der Waals surface area contributed by atoms with E-state index >= 15 is 0 Å². The van der Waals surface area contributed by atoms with Gasteiger partial charge >= 0.3 is 0 Å². The summed E-state index contributed by atoms with van der Waals surface area (Å²) >= 11 is 0. The third-order valence-corrected chi connectivity index (χ3v) is 5.43. The van der Waals surface area contributed by atoms with Gasteiger partial charge in [-0.25, -0.2) is 13.1 Å². The molecule has 0 aromatic carbocycles. The number of aromatic nitrogens is 2. The molecular weight excluding hydrogens is 330 g/mol. The Morgan fingerprint density at radius 3 is 2.79 bits per heavy atom. The van der Waals surface area contributed by atoms with Crippen molar-refractivity contribution in [1.29, 1.82) is 0 Å². The van der Waals surface area contributed by atoms with Crippen LogP contribution in [-0.2, 0) is 27.9 Å². The topological polar surface area (TPSA) is 87.5 Å². The normalized spacial score (nSPS) is 22.4. The molecule has 1 fully saturated rings. The van der Waals surface area contributed by atoms with E-state index in [2.05, 4.69) is 14.7 Å². The van der Waals surface area contributed by atoms with E-state index in [9.17, 15) is 13.2 Å². The average Bonchev–Trinajstić information content (AvgIpc) is 3.15. The van der Waals surface area contributed by atoms with Gasteiger partial charge in [0.15, 0.2) is 0 Å². The molecular formula is C15H25N5O3S. The van der Waals surface area contributed by atoms with Crippen molar-refractivity contribution >= 4 is 15.9 Å². The second-order valence-electron chi connectivity index (χ2n) is 6.60. The third kappa shape index (κ3) is 4.34. The zero-order chi connectivity index (χ0) is 17.2. The van der Waals surface area contributed by atoms with Crippen LogP contribution in [-0.4, -0.2) is 72.4 Å². The first-order valence-corrected chi connectivity index (χ1v) is 10.3. The van der Waals surface area contributed by atoms with Gasteiger partial charge in [0, 0.05) is 45.0 Å². The number of hydrogen-bond acceptors (Lipinski definition) is 5. The zero-order valence-electron chi connectivity index (χ0n) is 14.0. The maximum absolute atomic E-state index is 12.5. The minimum Gasteiger partial charge on any atom is -0.342 e. The summed E-state index contributed by atoms with van der Waals surface area (Å²) in [5.74, 6) is 0.129. The van der Waals surface area contributed by atoms with Gasteiger partial charge < -0.3 is 4.90 Å². The van der Waals surface area contributed by atoms with Crippen molar-refractivity contribution in [2.75, 3.05) is 32.4 Å². The summed E-state index contributed by atoms with van der Waals surface area (Å²) in [5, 5.41) is 4.31. The molecule has 0 saturated carbocycles. The molecule has 0 spiro atoms. The standard InChI is InChI=1S/C15H25N5O3S/c1-24(22,23)17-10-13-5-9-20-14(4-6-16-20)11-19(13)12-15(21)18-7-2-3-8-18/h4,6,13,17H,2-3,5,7-12H2,1H3/t13-/m1/s1. The third-order valence-electron chi connectivity index (χ3n) is 4.74. The van der Waals surface area contributed by atoms with Gasteiger partial charge in [-0.3, -0.25) is 14.4 Å². The molecule has 1 atom stereocenters. The maximum Gasteiger partial charge on any atom is 0.236 e. The Labute approximate surface area is 142 Å². The highest BCUT2D eigenvalue weighted by molar-refractivity contribution is 7.88. The van der Waals surface area contributed by atoms with Crippen LogP contribution in [0.15, 0.2) is 12.3 Å². The lowest BCUT2D eigenvalue weighted by atomic mass is 10.1. The largest absolute Gasteiger partial charge is 0.342 e. The lowest BCUT2D eigenvalue weighted by Crippen LogP contribution is -2.47. The van der Waals surface area contributed by atoms with Crippen molar-refractivity contribution in [1.82, 2.24) is 24.3 Å². The molecule has 3 rings (SSSR count). The van der Waals surface area contributed by atoms with Crippen LogP contribution < -0.4 is 4.72 Å². The summed E-state index contributed by atoms with van der Waals surface area (Å²) in [4.78, 5) is 16.5. The van der Waals surface area contributed by atoms with E-state index in [1.54, 1.807) is 6.20 Å². The molecule has 9 heteroatoms. The second kappa shape index (κ2) is 7.20. The first kappa shape index (κ1) is 17.4. The lowest BCUT2D eigenvalue weighted by Gasteiger charge is -2.30. The molecule has 134 valence electrons. The molecule has 1 saturated heterocycles. The molecule has 2 aliphatic rings. The van der Waals surface area contributed by atoms with E-state index in [4.69, 9.17) is 0 Å². The van der Waals surface area contributed by atoms with Crippen molar-refractivity contribution in [2.24, 2.45) is 0 Å². The van der Waals surface area contributed by atoms with Crippen LogP contribution in [0.1, 0.15) is 25.0 Å². The van der Waals surface area contributed by atoms with Crippen molar-refractivity contribution in [2.45, 2.75) is 38.4 Å². The Kier molecular flexibility index (Phi) is 5.21. The predicted octanol–water partition coefficient (Wildman–Crippen LogP) is -0.371. The van der Waals surface area contributed by atoms with E-state index in [1.165, 1.54) is 0 Å². The van der Waals surface area contributed by atoms with Gasteiger partial charge in [-0.05, 0) is 25.3 Å². The van der Waals surface area contributed by atoms with Crippen LogP contribution in [0.3, 0.4) is 0 Å².